The summed E-state index contributed by atoms with van der Waals surface area (Å²) in [5.41, 5.74) is 6.73. The largest absolute Gasteiger partial charge is 0.493 e. The number of nitrogens with one attached hydrogen (secondary N) is 1. The minimum Gasteiger partial charge on any atom is -0.493 e. The van der Waals surface area contributed by atoms with Gasteiger partial charge in [-0.25, -0.2) is 4.79 Å². The third-order valence-electron chi connectivity index (χ3n) is 5.47. The van der Waals surface area contributed by atoms with Gasteiger partial charge >= 0.3 is 6.09 Å². The Hall–Kier alpha value is -2.28. The van der Waals surface area contributed by atoms with E-state index in [9.17, 15) is 9.59 Å². The minimum absolute atomic E-state index is 0.0625. The van der Waals surface area contributed by atoms with Crippen LogP contribution < -0.4 is 15.8 Å². The van der Waals surface area contributed by atoms with E-state index in [1.807, 2.05) is 45.0 Å². The molecule has 0 unspecified atom stereocenters. The average Bonchev–Trinajstić information content (AvgIpc) is 2.67. The van der Waals surface area contributed by atoms with Gasteiger partial charge in [-0.15, -0.1) is 0 Å². The zero-order valence-corrected chi connectivity index (χ0v) is 17.6. The molecule has 7 nitrogen and oxygen atoms in total. The molecule has 0 bridgehead atoms. The van der Waals surface area contributed by atoms with Gasteiger partial charge < -0.3 is 25.4 Å². The van der Waals surface area contributed by atoms with E-state index in [2.05, 4.69) is 5.32 Å². The highest BCUT2D eigenvalue weighted by molar-refractivity contribution is 5.82. The predicted molar refractivity (Wildman–Crippen MR) is 111 cm³/mol. The monoisotopic (exact) mass is 403 g/mol. The second kappa shape index (κ2) is 9.03. The Bertz CT molecular complexity index is 723. The van der Waals surface area contributed by atoms with Gasteiger partial charge in [0.15, 0.2) is 0 Å². The molecule has 160 valence electrons. The topological polar surface area (TPSA) is 93.9 Å². The molecule has 1 fully saturated rings. The lowest BCUT2D eigenvalue weighted by atomic mass is 9.90. The number of ether oxygens (including phenoxy) is 2. The van der Waals surface area contributed by atoms with Crippen molar-refractivity contribution >= 4 is 12.0 Å². The standard InChI is InChI=1S/C22H33N3O4/c1-22(2,3)29-21(27)25-11-8-15(9-12-25)14-17(23)20(26)24-18-10-13-28-19-7-5-4-6-16(18)19/h4-7,15,17-18H,8-14,23H2,1-3H3,(H,24,26)/t17-,18+/m0/s1. The number of carbonyl (C=O) groups excluding carboxylic acids is 2. The van der Waals surface area contributed by atoms with Crippen LogP contribution >= 0.6 is 0 Å². The quantitative estimate of drug-likeness (QED) is 0.806. The Kier molecular flexibility index (Phi) is 6.67. The van der Waals surface area contributed by atoms with Gasteiger partial charge in [-0.2, -0.15) is 0 Å². The predicted octanol–water partition coefficient (Wildman–Crippen LogP) is 2.99. The first kappa shape index (κ1) is 21.4. The van der Waals surface area contributed by atoms with Gasteiger partial charge in [0.05, 0.1) is 18.7 Å². The number of piperidine rings is 1. The maximum atomic E-state index is 12.7. The second-order valence-corrected chi connectivity index (χ2v) is 8.99. The van der Waals surface area contributed by atoms with Crippen LogP contribution in [0.2, 0.25) is 0 Å². The number of likely N-dealkylation sites (tertiary alicyclic amines) is 1. The summed E-state index contributed by atoms with van der Waals surface area (Å²) in [6.45, 7) is 7.47. The molecule has 29 heavy (non-hydrogen) atoms. The lowest BCUT2D eigenvalue weighted by Crippen LogP contribution is -2.46. The van der Waals surface area contributed by atoms with E-state index in [0.29, 0.717) is 32.0 Å². The van der Waals surface area contributed by atoms with E-state index in [4.69, 9.17) is 15.2 Å². The molecule has 1 aromatic rings. The summed E-state index contributed by atoms with van der Waals surface area (Å²) < 4.78 is 11.1. The number of rotatable bonds is 4. The van der Waals surface area contributed by atoms with Crippen LogP contribution in [0.3, 0.4) is 0 Å². The van der Waals surface area contributed by atoms with Crippen LogP contribution in [0.15, 0.2) is 24.3 Å². The molecule has 2 heterocycles. The molecular weight excluding hydrogens is 370 g/mol. The summed E-state index contributed by atoms with van der Waals surface area (Å²) in [5, 5.41) is 3.09. The van der Waals surface area contributed by atoms with E-state index >= 15 is 0 Å². The number of para-hydroxylation sites is 1. The molecule has 1 saturated heterocycles. The Morgan fingerprint density at radius 3 is 2.62 bits per heavy atom. The molecule has 2 amide bonds. The van der Waals surface area contributed by atoms with Gasteiger partial charge in [0, 0.05) is 25.1 Å². The summed E-state index contributed by atoms with van der Waals surface area (Å²) in [6, 6.07) is 7.17. The normalized spacial score (nSPS) is 21.0. The molecule has 2 aliphatic heterocycles. The second-order valence-electron chi connectivity index (χ2n) is 8.99. The summed E-state index contributed by atoms with van der Waals surface area (Å²) in [5.74, 6) is 1.03. The highest BCUT2D eigenvalue weighted by atomic mass is 16.6. The van der Waals surface area contributed by atoms with Crippen LogP contribution in [0.25, 0.3) is 0 Å². The van der Waals surface area contributed by atoms with E-state index in [0.717, 1.165) is 30.6 Å². The maximum Gasteiger partial charge on any atom is 0.410 e. The molecular formula is C22H33N3O4. The summed E-state index contributed by atoms with van der Waals surface area (Å²) in [6.07, 6.45) is 2.76. The third kappa shape index (κ3) is 5.85. The summed E-state index contributed by atoms with van der Waals surface area (Å²) in [7, 11) is 0. The first-order chi connectivity index (χ1) is 13.7. The Balaban J connectivity index is 1.46. The molecule has 0 radical (unpaired) electrons. The van der Waals surface area contributed by atoms with E-state index < -0.39 is 11.6 Å². The minimum atomic E-state index is -0.553. The summed E-state index contributed by atoms with van der Waals surface area (Å²) >= 11 is 0. The zero-order valence-electron chi connectivity index (χ0n) is 17.6. The smallest absolute Gasteiger partial charge is 0.410 e. The van der Waals surface area contributed by atoms with Crippen LogP contribution in [0.1, 0.15) is 58.1 Å². The van der Waals surface area contributed by atoms with Crippen LogP contribution in [0.4, 0.5) is 4.79 Å². The molecule has 3 N–H and O–H groups in total. The van der Waals surface area contributed by atoms with Crippen molar-refractivity contribution in [1.29, 1.82) is 0 Å². The van der Waals surface area contributed by atoms with E-state index in [1.54, 1.807) is 4.90 Å². The fourth-order valence-corrected chi connectivity index (χ4v) is 3.91. The lowest BCUT2D eigenvalue weighted by Gasteiger charge is -2.34. The van der Waals surface area contributed by atoms with Gasteiger partial charge in [0.1, 0.15) is 11.4 Å². The molecule has 0 aromatic heterocycles. The number of hydrogen-bond donors (Lipinski definition) is 2. The van der Waals surface area contributed by atoms with Crippen molar-refractivity contribution in [2.45, 2.75) is 64.1 Å². The number of benzene rings is 1. The van der Waals surface area contributed by atoms with Gasteiger partial charge in [-0.1, -0.05) is 18.2 Å². The lowest BCUT2D eigenvalue weighted by molar-refractivity contribution is -0.123. The third-order valence-corrected chi connectivity index (χ3v) is 5.47. The van der Waals surface area contributed by atoms with Gasteiger partial charge in [0.2, 0.25) is 5.91 Å². The molecule has 0 saturated carbocycles. The van der Waals surface area contributed by atoms with Crippen molar-refractivity contribution < 1.29 is 19.1 Å². The fourth-order valence-electron chi connectivity index (χ4n) is 3.91. The number of nitrogens with two attached hydrogens (primary N) is 1. The molecule has 1 aromatic carbocycles. The number of hydrogen-bond acceptors (Lipinski definition) is 5. The highest BCUT2D eigenvalue weighted by Crippen LogP contribution is 2.31. The first-order valence-corrected chi connectivity index (χ1v) is 10.5. The van der Waals surface area contributed by atoms with Crippen molar-refractivity contribution in [3.05, 3.63) is 29.8 Å². The zero-order chi connectivity index (χ0) is 21.0. The van der Waals surface area contributed by atoms with Crippen LogP contribution in [0, 0.1) is 5.92 Å². The number of nitrogens with zero attached hydrogens (tertiary/aromatic N) is 1. The van der Waals surface area contributed by atoms with Gasteiger partial charge in [0.25, 0.3) is 0 Å². The molecule has 2 atom stereocenters. The van der Waals surface area contributed by atoms with Crippen molar-refractivity contribution in [3.63, 3.8) is 0 Å². The van der Waals surface area contributed by atoms with Crippen LogP contribution in [-0.4, -0.2) is 48.2 Å². The summed E-state index contributed by atoms with van der Waals surface area (Å²) in [4.78, 5) is 26.6. The Labute approximate surface area is 172 Å². The maximum absolute atomic E-state index is 12.7. The SMILES string of the molecule is CC(C)(C)OC(=O)N1CCC(C[C@H](N)C(=O)N[C@@H]2CCOc3ccccc32)CC1. The fraction of sp³-hybridized carbons (Fsp3) is 0.636. The molecule has 7 heteroatoms. The molecule has 0 spiro atoms. The van der Waals surface area contributed by atoms with E-state index in [-0.39, 0.29) is 18.0 Å². The van der Waals surface area contributed by atoms with Gasteiger partial charge in [-0.05, 0) is 52.0 Å². The van der Waals surface area contributed by atoms with Crippen LogP contribution in [0.5, 0.6) is 5.75 Å². The molecule has 0 aliphatic carbocycles. The Morgan fingerprint density at radius 1 is 1.24 bits per heavy atom. The average molecular weight is 404 g/mol. The van der Waals surface area contributed by atoms with Crippen molar-refractivity contribution in [3.8, 4) is 5.75 Å². The highest BCUT2D eigenvalue weighted by Gasteiger charge is 2.30. The first-order valence-electron chi connectivity index (χ1n) is 10.5. The van der Waals surface area contributed by atoms with Crippen molar-refractivity contribution in [1.82, 2.24) is 10.2 Å². The molecule has 2 aliphatic rings. The van der Waals surface area contributed by atoms with Gasteiger partial charge in [-0.3, -0.25) is 4.79 Å². The van der Waals surface area contributed by atoms with Crippen molar-refractivity contribution in [2.75, 3.05) is 19.7 Å². The Morgan fingerprint density at radius 2 is 1.93 bits per heavy atom. The van der Waals surface area contributed by atoms with Crippen molar-refractivity contribution in [2.24, 2.45) is 11.7 Å². The number of amides is 2. The van der Waals surface area contributed by atoms with E-state index in [1.165, 1.54) is 0 Å². The number of fused-ring (bicyclic) bond motifs is 1. The molecule has 3 rings (SSSR count). The number of carbonyl (C=O) groups is 2. The van der Waals surface area contributed by atoms with Crippen LogP contribution in [-0.2, 0) is 9.53 Å².